The van der Waals surface area contributed by atoms with Crippen molar-refractivity contribution in [2.24, 2.45) is 0 Å². The number of hydrogen-bond acceptors (Lipinski definition) is 6. The average Bonchev–Trinajstić information content (AvgIpc) is 3.56. The van der Waals surface area contributed by atoms with Gasteiger partial charge in [0.2, 0.25) is 0 Å². The number of carbonyl (C=O) groups excluding carboxylic acids is 2. The molecule has 51 heavy (non-hydrogen) atoms. The van der Waals surface area contributed by atoms with Crippen LogP contribution in [0, 0.1) is 17.5 Å². The molecule has 0 aliphatic carbocycles. The van der Waals surface area contributed by atoms with Crippen LogP contribution in [-0.2, 0) is 20.8 Å². The van der Waals surface area contributed by atoms with E-state index < -0.39 is 40.3 Å². The molecule has 1 heterocycles. The Balaban J connectivity index is 1.31. The molecule has 1 saturated heterocycles. The zero-order chi connectivity index (χ0) is 35.8. The second kappa shape index (κ2) is 16.3. The van der Waals surface area contributed by atoms with Gasteiger partial charge in [0, 0.05) is 23.4 Å². The molecular weight excluding hydrogens is 676 g/mol. The van der Waals surface area contributed by atoms with Crippen LogP contribution in [0.2, 0.25) is 0 Å². The van der Waals surface area contributed by atoms with Crippen LogP contribution in [-0.4, -0.2) is 48.0 Å². The lowest BCUT2D eigenvalue weighted by Crippen LogP contribution is -2.40. The van der Waals surface area contributed by atoms with Crippen LogP contribution >= 0.6 is 11.8 Å². The minimum Gasteiger partial charge on any atom is -0.462 e. The molecule has 262 valence electrons. The molecule has 1 fully saturated rings. The first-order chi connectivity index (χ1) is 24.8. The normalized spacial score (nSPS) is 15.8. The Labute approximate surface area is 299 Å². The van der Waals surface area contributed by atoms with Crippen LogP contribution < -0.4 is 4.74 Å². The molecule has 1 aliphatic rings. The van der Waals surface area contributed by atoms with Crippen molar-refractivity contribution in [2.75, 3.05) is 19.8 Å². The summed E-state index contributed by atoms with van der Waals surface area (Å²) in [6.07, 6.45) is -0.173. The summed E-state index contributed by atoms with van der Waals surface area (Å²) in [6, 6.07) is 37.5. The first kappa shape index (κ1) is 35.8. The predicted octanol–water partition coefficient (Wildman–Crippen LogP) is 9.16. The minimum absolute atomic E-state index is 0.0253. The molecule has 5 aromatic carbocycles. The Kier molecular flexibility index (Phi) is 11.4. The number of ether oxygens (including phenoxy) is 3. The van der Waals surface area contributed by atoms with Crippen molar-refractivity contribution in [1.82, 2.24) is 4.90 Å². The SMILES string of the molecule is CCOC(=O)c1cccc(OC(=O)N2C[C@H](SC(c3ccccc3)(c3ccccc3)c3ccccc3)C[C@H]2COCc2cc(F)c(F)cc2F)c1. The molecule has 0 unspecified atom stereocenters. The monoisotopic (exact) mass is 711 g/mol. The van der Waals surface area contributed by atoms with Gasteiger partial charge in [-0.15, -0.1) is 11.8 Å². The number of rotatable bonds is 12. The van der Waals surface area contributed by atoms with Gasteiger partial charge in [-0.1, -0.05) is 97.1 Å². The quantitative estimate of drug-likeness (QED) is 0.0731. The Bertz CT molecular complexity index is 1850. The van der Waals surface area contributed by atoms with E-state index in [0.29, 0.717) is 12.5 Å². The molecule has 10 heteroatoms. The largest absolute Gasteiger partial charge is 0.462 e. The lowest BCUT2D eigenvalue weighted by Gasteiger charge is -2.37. The van der Waals surface area contributed by atoms with Gasteiger partial charge in [0.05, 0.1) is 36.2 Å². The Hall–Kier alpha value is -5.06. The molecule has 0 N–H and O–H groups in total. The van der Waals surface area contributed by atoms with Crippen LogP contribution in [0.1, 0.15) is 46.0 Å². The molecule has 0 radical (unpaired) electrons. The van der Waals surface area contributed by atoms with Gasteiger partial charge < -0.3 is 19.1 Å². The van der Waals surface area contributed by atoms with E-state index in [0.717, 1.165) is 22.8 Å². The molecule has 6 rings (SSSR count). The van der Waals surface area contributed by atoms with E-state index in [4.69, 9.17) is 14.2 Å². The summed E-state index contributed by atoms with van der Waals surface area (Å²) >= 11 is 1.72. The molecule has 6 nitrogen and oxygen atoms in total. The van der Waals surface area contributed by atoms with Crippen molar-refractivity contribution >= 4 is 23.8 Å². The molecule has 5 aromatic rings. The van der Waals surface area contributed by atoms with Crippen LogP contribution in [0.3, 0.4) is 0 Å². The number of thioether (sulfide) groups is 1. The topological polar surface area (TPSA) is 65.1 Å². The standard InChI is InChI=1S/C41H36F3NO5S/c1-2-49-39(46)28-13-12-20-34(21-28)50-40(47)45-25-35(23-33(45)27-48-26-29-22-37(43)38(44)24-36(29)42)51-41(30-14-6-3-7-15-30,31-16-8-4-9-17-31)32-18-10-5-11-19-32/h3-22,24,33,35H,2,23,25-27H2,1H3/t33-,35+/m0/s1. The second-order valence-corrected chi connectivity index (χ2v) is 13.6. The van der Waals surface area contributed by atoms with Gasteiger partial charge >= 0.3 is 12.1 Å². The van der Waals surface area contributed by atoms with E-state index in [-0.39, 0.29) is 48.5 Å². The molecule has 2 atom stereocenters. The average molecular weight is 712 g/mol. The molecule has 1 amide bonds. The van der Waals surface area contributed by atoms with Gasteiger partial charge in [-0.3, -0.25) is 0 Å². The van der Waals surface area contributed by atoms with Crippen molar-refractivity contribution in [3.63, 3.8) is 0 Å². The summed E-state index contributed by atoms with van der Waals surface area (Å²) in [4.78, 5) is 27.8. The van der Waals surface area contributed by atoms with Crippen molar-refractivity contribution < 1.29 is 37.0 Å². The third-order valence-electron chi connectivity index (χ3n) is 8.70. The first-order valence-electron chi connectivity index (χ1n) is 16.6. The third kappa shape index (κ3) is 8.13. The number of carbonyl (C=O) groups is 2. The fourth-order valence-electron chi connectivity index (χ4n) is 6.35. The maximum Gasteiger partial charge on any atom is 0.415 e. The van der Waals surface area contributed by atoms with E-state index in [1.54, 1.807) is 41.8 Å². The van der Waals surface area contributed by atoms with E-state index in [2.05, 4.69) is 36.4 Å². The number of hydrogen-bond donors (Lipinski definition) is 0. The number of esters is 1. The first-order valence-corrected chi connectivity index (χ1v) is 17.5. The van der Waals surface area contributed by atoms with Crippen molar-refractivity contribution in [3.05, 3.63) is 173 Å². The highest BCUT2D eigenvalue weighted by atomic mass is 32.2. The highest BCUT2D eigenvalue weighted by Crippen LogP contribution is 2.52. The van der Waals surface area contributed by atoms with Gasteiger partial charge in [0.15, 0.2) is 11.6 Å². The van der Waals surface area contributed by atoms with Crippen molar-refractivity contribution in [3.8, 4) is 5.75 Å². The number of benzene rings is 5. The minimum atomic E-state index is -1.29. The second-order valence-electron chi connectivity index (χ2n) is 12.1. The zero-order valence-electron chi connectivity index (χ0n) is 27.8. The van der Waals surface area contributed by atoms with Crippen molar-refractivity contribution in [1.29, 1.82) is 0 Å². The predicted molar refractivity (Wildman–Crippen MR) is 190 cm³/mol. The maximum atomic E-state index is 14.4. The summed E-state index contributed by atoms with van der Waals surface area (Å²) in [5, 5.41) is -0.141. The maximum absolute atomic E-state index is 14.4. The van der Waals surface area contributed by atoms with E-state index >= 15 is 0 Å². The lowest BCUT2D eigenvalue weighted by molar-refractivity contribution is 0.0525. The van der Waals surface area contributed by atoms with E-state index in [1.807, 2.05) is 54.6 Å². The number of amides is 1. The summed E-state index contributed by atoms with van der Waals surface area (Å²) in [6.45, 7) is 1.83. The van der Waals surface area contributed by atoms with Crippen LogP contribution in [0.4, 0.5) is 18.0 Å². The number of nitrogens with zero attached hydrogens (tertiary/aromatic N) is 1. The molecule has 0 bridgehead atoms. The van der Waals surface area contributed by atoms with Crippen LogP contribution in [0.25, 0.3) is 0 Å². The van der Waals surface area contributed by atoms with Gasteiger partial charge in [-0.25, -0.2) is 22.8 Å². The smallest absolute Gasteiger partial charge is 0.415 e. The van der Waals surface area contributed by atoms with Crippen LogP contribution in [0.15, 0.2) is 127 Å². The van der Waals surface area contributed by atoms with E-state index in [1.165, 1.54) is 6.07 Å². The highest BCUT2D eigenvalue weighted by Gasteiger charge is 2.44. The number of halogens is 3. The Morgan fingerprint density at radius 2 is 1.35 bits per heavy atom. The number of likely N-dealkylation sites (tertiary alicyclic amines) is 1. The fourth-order valence-corrected chi connectivity index (χ4v) is 8.22. The fraction of sp³-hybridized carbons (Fsp3) is 0.220. The third-order valence-corrected chi connectivity index (χ3v) is 10.4. The lowest BCUT2D eigenvalue weighted by atomic mass is 9.84. The summed E-state index contributed by atoms with van der Waals surface area (Å²) < 4.78 is 58.0. The van der Waals surface area contributed by atoms with Crippen molar-refractivity contribution in [2.45, 2.75) is 36.0 Å². The molecular formula is C41H36F3NO5S. The van der Waals surface area contributed by atoms with Gasteiger partial charge in [0.1, 0.15) is 11.6 Å². The molecule has 0 aromatic heterocycles. The summed E-state index contributed by atoms with van der Waals surface area (Å²) in [5.41, 5.74) is 3.28. The summed E-state index contributed by atoms with van der Waals surface area (Å²) in [5.74, 6) is -3.77. The Morgan fingerprint density at radius 3 is 1.94 bits per heavy atom. The van der Waals surface area contributed by atoms with Gasteiger partial charge in [-0.2, -0.15) is 0 Å². The molecule has 0 saturated carbocycles. The zero-order valence-corrected chi connectivity index (χ0v) is 28.7. The molecule has 1 aliphatic heterocycles. The Morgan fingerprint density at radius 1 is 0.765 bits per heavy atom. The highest BCUT2D eigenvalue weighted by molar-refractivity contribution is 8.01. The van der Waals surface area contributed by atoms with Crippen LogP contribution in [0.5, 0.6) is 5.75 Å². The summed E-state index contributed by atoms with van der Waals surface area (Å²) in [7, 11) is 0. The molecule has 0 spiro atoms. The van der Waals surface area contributed by atoms with Gasteiger partial charge in [0.25, 0.3) is 0 Å². The van der Waals surface area contributed by atoms with Gasteiger partial charge in [-0.05, 0) is 54.3 Å². The van der Waals surface area contributed by atoms with E-state index in [9.17, 15) is 22.8 Å².